The Morgan fingerprint density at radius 1 is 1.32 bits per heavy atom. The van der Waals surface area contributed by atoms with Gasteiger partial charge < -0.3 is 8.92 Å². The maximum Gasteiger partial charge on any atom is 0.342 e. The van der Waals surface area contributed by atoms with E-state index in [0.29, 0.717) is 4.47 Å². The van der Waals surface area contributed by atoms with Gasteiger partial charge in [0, 0.05) is 10.7 Å². The number of benzene rings is 1. The van der Waals surface area contributed by atoms with E-state index in [0.717, 1.165) is 0 Å². The number of methoxy groups -OCH3 is 1. The quantitative estimate of drug-likeness (QED) is 0.441. The Kier molecular flexibility index (Phi) is 5.05. The largest absolute Gasteiger partial charge is 0.465 e. The van der Waals surface area contributed by atoms with Crippen LogP contribution in [-0.2, 0) is 14.9 Å². The molecule has 0 atom stereocenters. The van der Waals surface area contributed by atoms with Crippen molar-refractivity contribution in [1.29, 1.82) is 0 Å². The lowest BCUT2D eigenvalue weighted by Gasteiger charge is -2.11. The lowest BCUT2D eigenvalue weighted by molar-refractivity contribution is 0.0599. The number of hydrogen-bond donors (Lipinski definition) is 0. The summed E-state index contributed by atoms with van der Waals surface area (Å²) in [6.07, 6.45) is 1.35. The smallest absolute Gasteiger partial charge is 0.342 e. The summed E-state index contributed by atoms with van der Waals surface area (Å²) in [5.74, 6) is -0.880. The lowest BCUT2D eigenvalue weighted by atomic mass is 10.2. The van der Waals surface area contributed by atoms with Crippen LogP contribution >= 0.6 is 27.5 Å². The van der Waals surface area contributed by atoms with Gasteiger partial charge in [-0.15, -0.1) is 0 Å². The van der Waals surface area contributed by atoms with Crippen LogP contribution in [0.3, 0.4) is 0 Å². The third kappa shape index (κ3) is 3.57. The van der Waals surface area contributed by atoms with Crippen molar-refractivity contribution in [2.75, 3.05) is 7.11 Å². The molecule has 0 unspecified atom stereocenters. The number of esters is 1. The van der Waals surface area contributed by atoms with Crippen molar-refractivity contribution < 1.29 is 22.1 Å². The number of ether oxygens (including phenoxy) is 1. The molecule has 0 spiro atoms. The van der Waals surface area contributed by atoms with E-state index in [9.17, 15) is 13.2 Å². The van der Waals surface area contributed by atoms with Crippen LogP contribution in [0.4, 0.5) is 0 Å². The number of nitrogens with zero attached hydrogens (tertiary/aromatic N) is 1. The third-order valence-corrected chi connectivity index (χ3v) is 4.63. The molecule has 2 rings (SSSR count). The number of aromatic nitrogens is 1. The van der Waals surface area contributed by atoms with Crippen molar-refractivity contribution in [3.63, 3.8) is 0 Å². The van der Waals surface area contributed by atoms with Crippen molar-refractivity contribution in [2.45, 2.75) is 4.90 Å². The average Bonchev–Trinajstić information content (AvgIpc) is 2.49. The normalized spacial score (nSPS) is 11.0. The molecule has 22 heavy (non-hydrogen) atoms. The second kappa shape index (κ2) is 6.64. The highest BCUT2D eigenvalue weighted by Crippen LogP contribution is 2.28. The molecule has 0 saturated carbocycles. The Morgan fingerprint density at radius 3 is 2.68 bits per heavy atom. The van der Waals surface area contributed by atoms with Gasteiger partial charge in [0.25, 0.3) is 0 Å². The van der Waals surface area contributed by atoms with Crippen LogP contribution < -0.4 is 4.18 Å². The summed E-state index contributed by atoms with van der Waals surface area (Å²) in [6, 6.07) is 7.06. The van der Waals surface area contributed by atoms with E-state index in [1.165, 1.54) is 37.6 Å². The van der Waals surface area contributed by atoms with E-state index >= 15 is 0 Å². The van der Waals surface area contributed by atoms with Gasteiger partial charge in [-0.3, -0.25) is 0 Å². The van der Waals surface area contributed by atoms with Gasteiger partial charge in [0.15, 0.2) is 10.9 Å². The first-order chi connectivity index (χ1) is 10.3. The molecule has 0 aliphatic heterocycles. The number of halogens is 2. The molecule has 0 bridgehead atoms. The monoisotopic (exact) mass is 405 g/mol. The fourth-order valence-corrected chi connectivity index (χ4v) is 3.43. The number of carbonyl (C=O) groups excluding carboxylic acids is 1. The van der Waals surface area contributed by atoms with Gasteiger partial charge in [0.05, 0.1) is 7.11 Å². The van der Waals surface area contributed by atoms with Gasteiger partial charge in [-0.25, -0.2) is 9.78 Å². The number of carbonyl (C=O) groups is 1. The van der Waals surface area contributed by atoms with Crippen LogP contribution in [0.2, 0.25) is 5.15 Å². The summed E-state index contributed by atoms with van der Waals surface area (Å²) >= 11 is 8.90. The molecule has 0 aliphatic carbocycles. The zero-order valence-electron chi connectivity index (χ0n) is 11.1. The summed E-state index contributed by atoms with van der Waals surface area (Å²) in [5.41, 5.74) is -0.0207. The highest BCUT2D eigenvalue weighted by molar-refractivity contribution is 9.10. The number of rotatable bonds is 4. The van der Waals surface area contributed by atoms with Crippen LogP contribution in [0.1, 0.15) is 10.4 Å². The number of para-hydroxylation sites is 1. The molecule has 6 nitrogen and oxygen atoms in total. The SMILES string of the molecule is COC(=O)c1ccccc1OS(=O)(=O)c1cc(Br)cnc1Cl. The van der Waals surface area contributed by atoms with E-state index < -0.39 is 16.1 Å². The van der Waals surface area contributed by atoms with Crippen molar-refractivity contribution in [2.24, 2.45) is 0 Å². The molecular weight excluding hydrogens is 398 g/mol. The molecule has 0 radical (unpaired) electrons. The Bertz CT molecular complexity index is 825. The van der Waals surface area contributed by atoms with E-state index in [1.54, 1.807) is 6.07 Å². The lowest BCUT2D eigenvalue weighted by Crippen LogP contribution is -2.14. The minimum Gasteiger partial charge on any atom is -0.465 e. The molecule has 0 amide bonds. The summed E-state index contributed by atoms with van der Waals surface area (Å²) in [6.45, 7) is 0. The van der Waals surface area contributed by atoms with Gasteiger partial charge in [-0.1, -0.05) is 23.7 Å². The molecule has 1 aromatic carbocycles. The topological polar surface area (TPSA) is 82.6 Å². The highest BCUT2D eigenvalue weighted by Gasteiger charge is 2.24. The fraction of sp³-hybridized carbons (Fsp3) is 0.0769. The molecular formula is C13H9BrClNO5S. The molecule has 1 aromatic heterocycles. The highest BCUT2D eigenvalue weighted by atomic mass is 79.9. The van der Waals surface area contributed by atoms with Crippen molar-refractivity contribution in [1.82, 2.24) is 4.98 Å². The Hall–Kier alpha value is -1.64. The van der Waals surface area contributed by atoms with E-state index in [-0.39, 0.29) is 21.4 Å². The predicted octanol–water partition coefficient (Wildman–Crippen LogP) is 3.05. The van der Waals surface area contributed by atoms with Crippen molar-refractivity contribution >= 4 is 43.6 Å². The summed E-state index contributed by atoms with van der Waals surface area (Å²) < 4.78 is 34.6. The minimum atomic E-state index is -4.26. The van der Waals surface area contributed by atoms with Crippen molar-refractivity contribution in [3.05, 3.63) is 51.7 Å². The predicted molar refractivity (Wildman–Crippen MR) is 82.5 cm³/mol. The van der Waals surface area contributed by atoms with Gasteiger partial charge >= 0.3 is 16.1 Å². The van der Waals surface area contributed by atoms with Crippen LogP contribution in [0, 0.1) is 0 Å². The summed E-state index contributed by atoms with van der Waals surface area (Å²) in [7, 11) is -3.08. The van der Waals surface area contributed by atoms with Crippen LogP contribution in [-0.4, -0.2) is 26.5 Å². The molecule has 9 heteroatoms. The zero-order chi connectivity index (χ0) is 16.3. The van der Waals surface area contributed by atoms with Gasteiger partial charge in [-0.2, -0.15) is 8.42 Å². The van der Waals surface area contributed by atoms with Gasteiger partial charge in [0.1, 0.15) is 10.5 Å². The molecule has 0 saturated heterocycles. The summed E-state index contributed by atoms with van der Waals surface area (Å²) in [5, 5.41) is -0.237. The van der Waals surface area contributed by atoms with Gasteiger partial charge in [-0.05, 0) is 34.1 Å². The first kappa shape index (κ1) is 16.7. The maximum atomic E-state index is 12.3. The average molecular weight is 407 g/mol. The van der Waals surface area contributed by atoms with E-state index in [2.05, 4.69) is 25.7 Å². The Morgan fingerprint density at radius 2 is 2.00 bits per heavy atom. The van der Waals surface area contributed by atoms with E-state index in [4.69, 9.17) is 15.8 Å². The molecule has 2 aromatic rings. The van der Waals surface area contributed by atoms with Crippen molar-refractivity contribution in [3.8, 4) is 5.75 Å². The minimum absolute atomic E-state index is 0.0207. The molecule has 0 aliphatic rings. The van der Waals surface area contributed by atoms with Gasteiger partial charge in [0.2, 0.25) is 0 Å². The fourth-order valence-electron chi connectivity index (χ4n) is 1.56. The number of hydrogen-bond acceptors (Lipinski definition) is 6. The first-order valence-electron chi connectivity index (χ1n) is 5.78. The van der Waals surface area contributed by atoms with Crippen LogP contribution in [0.5, 0.6) is 5.75 Å². The maximum absolute atomic E-state index is 12.3. The molecule has 0 N–H and O–H groups in total. The third-order valence-electron chi connectivity index (χ3n) is 2.53. The molecule has 0 fully saturated rings. The summed E-state index contributed by atoms with van der Waals surface area (Å²) in [4.78, 5) is 15.0. The van der Waals surface area contributed by atoms with Crippen LogP contribution in [0.25, 0.3) is 0 Å². The second-order valence-electron chi connectivity index (χ2n) is 3.97. The number of pyridine rings is 1. The Labute approximate surface area is 140 Å². The standard InChI is InChI=1S/C13H9BrClNO5S/c1-20-13(17)9-4-2-3-5-10(9)21-22(18,19)11-6-8(14)7-16-12(11)15/h2-7H,1H3. The first-order valence-corrected chi connectivity index (χ1v) is 8.36. The zero-order valence-corrected chi connectivity index (χ0v) is 14.3. The van der Waals surface area contributed by atoms with Crippen LogP contribution in [0.15, 0.2) is 45.9 Å². The van der Waals surface area contributed by atoms with E-state index in [1.807, 2.05) is 0 Å². The molecule has 116 valence electrons. The molecule has 1 heterocycles. The Balaban J connectivity index is 2.46. The second-order valence-corrected chi connectivity index (χ2v) is 6.76.